The van der Waals surface area contributed by atoms with Gasteiger partial charge in [-0.05, 0) is 49.7 Å². The summed E-state index contributed by atoms with van der Waals surface area (Å²) in [5.74, 6) is -6.69. The summed E-state index contributed by atoms with van der Waals surface area (Å²) in [6.45, 7) is 2.59. The van der Waals surface area contributed by atoms with Gasteiger partial charge in [0.05, 0.1) is 22.8 Å². The summed E-state index contributed by atoms with van der Waals surface area (Å²) in [4.78, 5) is 61.5. The van der Waals surface area contributed by atoms with E-state index in [2.05, 4.69) is 15.3 Å². The van der Waals surface area contributed by atoms with Gasteiger partial charge in [0.15, 0.2) is 17.7 Å². The highest BCUT2D eigenvalue weighted by Crippen LogP contribution is 2.41. The number of ether oxygens (including phenoxy) is 1. The molecule has 1 saturated heterocycles. The largest absolute Gasteiger partial charge is 0.475 e. The van der Waals surface area contributed by atoms with Crippen molar-refractivity contribution in [1.29, 1.82) is 0 Å². The molecule has 0 radical (unpaired) electrons. The number of rotatable bonds is 9. The highest BCUT2D eigenvalue weighted by atomic mass is 35.5. The second kappa shape index (κ2) is 12.5. The number of nitrogens with one attached hydrogen (secondary N) is 1. The van der Waals surface area contributed by atoms with Crippen LogP contribution in [-0.2, 0) is 11.8 Å². The van der Waals surface area contributed by atoms with Crippen molar-refractivity contribution < 1.29 is 27.9 Å². The number of nitrogens with two attached hydrogens (primary N) is 1. The van der Waals surface area contributed by atoms with E-state index in [0.29, 0.717) is 16.6 Å². The van der Waals surface area contributed by atoms with E-state index in [0.717, 1.165) is 4.90 Å². The predicted octanol–water partition coefficient (Wildman–Crippen LogP) is 4.37. The van der Waals surface area contributed by atoms with Crippen LogP contribution in [0.4, 0.5) is 26.2 Å². The Kier molecular flexibility index (Phi) is 8.54. The van der Waals surface area contributed by atoms with Crippen LogP contribution in [-0.4, -0.2) is 68.8 Å². The second-order valence-corrected chi connectivity index (χ2v) is 12.5. The van der Waals surface area contributed by atoms with E-state index in [1.54, 1.807) is 54.4 Å². The number of anilines is 3. The van der Waals surface area contributed by atoms with Gasteiger partial charge in [0, 0.05) is 49.6 Å². The quantitative estimate of drug-likeness (QED) is 0.246. The number of hydrogen-bond donors (Lipinski definition) is 2. The van der Waals surface area contributed by atoms with Crippen LogP contribution in [0.3, 0.4) is 0 Å². The number of primary amides is 1. The highest BCUT2D eigenvalue weighted by Gasteiger charge is 2.50. The average Bonchev–Trinajstić information content (AvgIpc) is 3.29. The van der Waals surface area contributed by atoms with Gasteiger partial charge in [-0.15, -0.1) is 0 Å². The fourth-order valence-corrected chi connectivity index (χ4v) is 6.23. The van der Waals surface area contributed by atoms with E-state index in [9.17, 15) is 19.2 Å². The summed E-state index contributed by atoms with van der Waals surface area (Å²) in [6.07, 6.45) is 0.245. The van der Waals surface area contributed by atoms with E-state index in [4.69, 9.17) is 22.1 Å². The standard InChI is InChI=1S/C33H32ClF2N7O5/c1-17-15-42(16-20(33(17,35)36)10-11-43-29(45)22-6-4-5-7-23(22)30(43)46)32-38-14-24(34)28(40-32)39-21-8-9-25-19(12-21)13-26(31(47)41(25)3)48-18(2)27(37)44/h4-9,12-14,17-18,20H,10-11,15-16H2,1-3H3,(H2,37,44)(H,38,39,40). The van der Waals surface area contributed by atoms with Gasteiger partial charge in [-0.1, -0.05) is 30.7 Å². The summed E-state index contributed by atoms with van der Waals surface area (Å²) < 4.78 is 37.9. The zero-order valence-corrected chi connectivity index (χ0v) is 27.0. The molecule has 3 N–H and O–H groups in total. The van der Waals surface area contributed by atoms with Gasteiger partial charge in [-0.25, -0.2) is 13.8 Å². The molecule has 0 bridgehead atoms. The lowest BCUT2D eigenvalue weighted by Gasteiger charge is -2.42. The Labute approximate surface area is 278 Å². The number of nitrogens with zero attached hydrogens (tertiary/aromatic N) is 5. The van der Waals surface area contributed by atoms with Crippen molar-refractivity contribution >= 4 is 57.7 Å². The molecule has 6 rings (SSSR count). The van der Waals surface area contributed by atoms with Crippen molar-refractivity contribution in [2.45, 2.75) is 32.3 Å². The third-order valence-electron chi connectivity index (χ3n) is 8.89. The van der Waals surface area contributed by atoms with Crippen molar-refractivity contribution in [3.8, 4) is 5.75 Å². The number of piperidine rings is 1. The van der Waals surface area contributed by atoms with Crippen molar-refractivity contribution in [3.05, 3.63) is 81.2 Å². The minimum Gasteiger partial charge on any atom is -0.475 e. The Morgan fingerprint density at radius 1 is 1.12 bits per heavy atom. The molecule has 2 aliphatic rings. The molecule has 48 heavy (non-hydrogen) atoms. The molecule has 0 saturated carbocycles. The smallest absolute Gasteiger partial charge is 0.293 e. The van der Waals surface area contributed by atoms with Crippen LogP contribution >= 0.6 is 11.6 Å². The molecule has 4 heterocycles. The summed E-state index contributed by atoms with van der Waals surface area (Å²) in [6, 6.07) is 13.1. The van der Waals surface area contributed by atoms with Gasteiger partial charge in [0.1, 0.15) is 5.02 Å². The Hall–Kier alpha value is -5.11. The Bertz CT molecular complexity index is 1990. The molecular formula is C33H32ClF2N7O5. The molecule has 15 heteroatoms. The van der Waals surface area contributed by atoms with Crippen molar-refractivity contribution in [1.82, 2.24) is 19.4 Å². The van der Waals surface area contributed by atoms with Gasteiger partial charge in [0.2, 0.25) is 5.95 Å². The molecule has 12 nitrogen and oxygen atoms in total. The van der Waals surface area contributed by atoms with Crippen molar-refractivity contribution in [2.75, 3.05) is 29.9 Å². The number of carbonyl (C=O) groups excluding carboxylic acids is 3. The number of halogens is 3. The zero-order valence-electron chi connectivity index (χ0n) is 26.2. The van der Waals surface area contributed by atoms with Gasteiger partial charge in [0.25, 0.3) is 29.2 Å². The highest BCUT2D eigenvalue weighted by molar-refractivity contribution is 6.33. The number of fused-ring (bicyclic) bond motifs is 2. The van der Waals surface area contributed by atoms with Gasteiger partial charge >= 0.3 is 0 Å². The summed E-state index contributed by atoms with van der Waals surface area (Å²) in [5.41, 5.74) is 6.52. The first-order valence-electron chi connectivity index (χ1n) is 15.2. The van der Waals surface area contributed by atoms with E-state index in [1.165, 1.54) is 30.7 Å². The first-order chi connectivity index (χ1) is 22.8. The topological polar surface area (TPSA) is 153 Å². The fraction of sp³-hybridized carbons (Fsp3) is 0.333. The third-order valence-corrected chi connectivity index (χ3v) is 9.16. The summed E-state index contributed by atoms with van der Waals surface area (Å²) >= 11 is 6.45. The fourth-order valence-electron chi connectivity index (χ4n) is 6.09. The average molecular weight is 680 g/mol. The van der Waals surface area contributed by atoms with Crippen LogP contribution in [0.5, 0.6) is 5.75 Å². The molecule has 0 spiro atoms. The number of aryl methyl sites for hydroxylation is 1. The molecule has 1 fully saturated rings. The molecule has 250 valence electrons. The number of aromatic nitrogens is 3. The molecular weight excluding hydrogens is 648 g/mol. The molecule has 2 aromatic carbocycles. The number of alkyl halides is 2. The predicted molar refractivity (Wildman–Crippen MR) is 175 cm³/mol. The number of imide groups is 1. The van der Waals surface area contributed by atoms with E-state index >= 15 is 8.78 Å². The van der Waals surface area contributed by atoms with Crippen molar-refractivity contribution in [2.24, 2.45) is 24.6 Å². The number of amides is 3. The summed E-state index contributed by atoms with van der Waals surface area (Å²) in [7, 11) is 1.57. The maximum Gasteiger partial charge on any atom is 0.293 e. The first kappa shape index (κ1) is 32.8. The summed E-state index contributed by atoms with van der Waals surface area (Å²) in [5, 5.41) is 3.91. The third kappa shape index (κ3) is 5.91. The Morgan fingerprint density at radius 2 is 1.81 bits per heavy atom. The second-order valence-electron chi connectivity index (χ2n) is 12.1. The molecule has 3 amide bonds. The zero-order chi connectivity index (χ0) is 34.5. The molecule has 0 aliphatic carbocycles. The Morgan fingerprint density at radius 3 is 2.48 bits per heavy atom. The molecule has 2 aromatic heterocycles. The van der Waals surface area contributed by atoms with Gasteiger partial charge in [-0.3, -0.25) is 24.1 Å². The van der Waals surface area contributed by atoms with Crippen LogP contribution in [0.1, 0.15) is 41.0 Å². The molecule has 4 aromatic rings. The van der Waals surface area contributed by atoms with Crippen molar-refractivity contribution in [3.63, 3.8) is 0 Å². The monoisotopic (exact) mass is 679 g/mol. The number of pyridine rings is 1. The molecule has 2 aliphatic heterocycles. The van der Waals surface area contributed by atoms with Crippen LogP contribution in [0.2, 0.25) is 5.02 Å². The van der Waals surface area contributed by atoms with Gasteiger partial charge in [-0.2, -0.15) is 4.98 Å². The maximum atomic E-state index is 15.5. The Balaban J connectivity index is 1.21. The van der Waals surface area contributed by atoms with Crippen LogP contribution in [0, 0.1) is 11.8 Å². The maximum absolute atomic E-state index is 15.5. The van der Waals surface area contributed by atoms with Gasteiger partial charge < -0.3 is 25.3 Å². The minimum absolute atomic E-state index is 0.0336. The lowest BCUT2D eigenvalue weighted by Crippen LogP contribution is -2.54. The number of carbonyl (C=O) groups is 3. The van der Waals surface area contributed by atoms with E-state index < -0.39 is 47.1 Å². The SMILES string of the molecule is CC(Oc1cc2cc(Nc3nc(N4CC(C)C(F)(F)C(CCN5C(=O)c6ccccc6C5=O)C4)ncc3Cl)ccc2n(C)c1=O)C(N)=O. The lowest BCUT2D eigenvalue weighted by molar-refractivity contribution is -0.124. The lowest BCUT2D eigenvalue weighted by atomic mass is 9.84. The first-order valence-corrected chi connectivity index (χ1v) is 15.6. The number of hydrogen-bond acceptors (Lipinski definition) is 9. The number of benzene rings is 2. The van der Waals surface area contributed by atoms with E-state index in [-0.39, 0.29) is 59.7 Å². The minimum atomic E-state index is -3.06. The van der Waals surface area contributed by atoms with Crippen LogP contribution in [0.25, 0.3) is 10.9 Å². The molecule has 3 atom stereocenters. The normalized spacial score (nSPS) is 19.4. The van der Waals surface area contributed by atoms with Crippen LogP contribution < -0.4 is 26.2 Å². The van der Waals surface area contributed by atoms with Crippen LogP contribution in [0.15, 0.2) is 59.5 Å². The molecule has 3 unspecified atom stereocenters. The van der Waals surface area contributed by atoms with E-state index in [1.807, 2.05) is 0 Å².